The lowest BCUT2D eigenvalue weighted by molar-refractivity contribution is 0.0599. The second-order valence-corrected chi connectivity index (χ2v) is 6.99. The first kappa shape index (κ1) is 22.2. The van der Waals surface area contributed by atoms with Gasteiger partial charge in [-0.05, 0) is 24.6 Å². The average molecular weight is 459 g/mol. The molecule has 0 aliphatic rings. The summed E-state index contributed by atoms with van der Waals surface area (Å²) in [5.41, 5.74) is -0.0761. The molecule has 0 unspecified atom stereocenters. The van der Waals surface area contributed by atoms with Crippen LogP contribution in [0.3, 0.4) is 0 Å². The van der Waals surface area contributed by atoms with Crippen molar-refractivity contribution in [1.29, 1.82) is 0 Å². The van der Waals surface area contributed by atoms with E-state index < -0.39 is 29.7 Å². The van der Waals surface area contributed by atoms with E-state index >= 15 is 0 Å². The van der Waals surface area contributed by atoms with Crippen LogP contribution in [-0.2, 0) is 11.2 Å². The number of aryl methyl sites for hydroxylation is 1. The molecule has 0 saturated carbocycles. The average Bonchev–Trinajstić information content (AvgIpc) is 3.16. The fraction of sp³-hybridized carbons (Fsp3) is 0.182. The van der Waals surface area contributed by atoms with Crippen LogP contribution in [-0.4, -0.2) is 32.6 Å². The number of anilines is 2. The molecule has 0 saturated heterocycles. The minimum Gasteiger partial charge on any atom is -0.465 e. The van der Waals surface area contributed by atoms with Crippen molar-refractivity contribution in [3.63, 3.8) is 0 Å². The third-order valence-corrected chi connectivity index (χ3v) is 4.95. The van der Waals surface area contributed by atoms with Crippen molar-refractivity contribution in [2.45, 2.75) is 19.8 Å². The van der Waals surface area contributed by atoms with E-state index in [1.807, 2.05) is 6.92 Å². The van der Waals surface area contributed by atoms with Gasteiger partial charge in [0.2, 0.25) is 0 Å². The molecule has 0 aliphatic heterocycles. The number of carbonyl (C=O) groups excluding carboxylic acids is 1. The summed E-state index contributed by atoms with van der Waals surface area (Å²) in [5.74, 6) is -2.47. The van der Waals surface area contributed by atoms with Gasteiger partial charge in [-0.2, -0.15) is 0 Å². The lowest BCUT2D eigenvalue weighted by Crippen LogP contribution is -2.09. The first-order valence-corrected chi connectivity index (χ1v) is 9.77. The van der Waals surface area contributed by atoms with Crippen molar-refractivity contribution in [1.82, 2.24) is 19.5 Å². The number of aromatic nitrogens is 4. The summed E-state index contributed by atoms with van der Waals surface area (Å²) in [6, 6.07) is 6.15. The zero-order chi connectivity index (χ0) is 23.7. The molecule has 11 heteroatoms. The van der Waals surface area contributed by atoms with Crippen LogP contribution in [0.15, 0.2) is 42.9 Å². The van der Waals surface area contributed by atoms with Crippen molar-refractivity contribution >= 4 is 28.5 Å². The zero-order valence-electron chi connectivity index (χ0n) is 17.4. The van der Waals surface area contributed by atoms with Crippen molar-refractivity contribution in [3.05, 3.63) is 71.4 Å². The monoisotopic (exact) mass is 459 g/mol. The highest BCUT2D eigenvalue weighted by molar-refractivity contribution is 5.90. The van der Waals surface area contributed by atoms with Crippen LogP contribution in [0.5, 0.6) is 0 Å². The van der Waals surface area contributed by atoms with E-state index in [4.69, 9.17) is 0 Å². The van der Waals surface area contributed by atoms with Crippen LogP contribution in [0.25, 0.3) is 16.6 Å². The summed E-state index contributed by atoms with van der Waals surface area (Å²) < 4.78 is 61.7. The molecule has 0 fully saturated rings. The van der Waals surface area contributed by atoms with E-state index in [0.717, 1.165) is 31.6 Å². The minimum atomic E-state index is -2.77. The Labute approximate surface area is 185 Å². The number of nitrogens with one attached hydrogen (secondary N) is 1. The Kier molecular flexibility index (Phi) is 5.95. The second-order valence-electron chi connectivity index (χ2n) is 6.99. The maximum atomic E-state index is 15.0. The van der Waals surface area contributed by atoms with Gasteiger partial charge in [0.15, 0.2) is 11.6 Å². The first-order chi connectivity index (χ1) is 15.8. The molecule has 0 bridgehead atoms. The third kappa shape index (κ3) is 4.21. The molecule has 0 radical (unpaired) electrons. The molecule has 4 rings (SSSR count). The number of nitrogens with zero attached hydrogens (tertiary/aromatic N) is 4. The van der Waals surface area contributed by atoms with Crippen LogP contribution in [0.1, 0.15) is 35.1 Å². The van der Waals surface area contributed by atoms with Crippen LogP contribution in [0.4, 0.5) is 29.2 Å². The van der Waals surface area contributed by atoms with Gasteiger partial charge in [-0.25, -0.2) is 37.3 Å². The Morgan fingerprint density at radius 3 is 2.39 bits per heavy atom. The number of ether oxygens (including phenoxy) is 1. The lowest BCUT2D eigenvalue weighted by Gasteiger charge is -2.14. The van der Waals surface area contributed by atoms with Crippen molar-refractivity contribution in [3.8, 4) is 5.69 Å². The van der Waals surface area contributed by atoms with Crippen LogP contribution < -0.4 is 5.32 Å². The normalized spacial score (nSPS) is 11.2. The number of hydrogen-bond acceptors (Lipinski definition) is 6. The number of rotatable bonds is 6. The summed E-state index contributed by atoms with van der Waals surface area (Å²) in [4.78, 5) is 23.3. The number of halogens is 4. The molecule has 0 amide bonds. The molecule has 170 valence electrons. The topological polar surface area (TPSA) is 81.9 Å². The maximum absolute atomic E-state index is 15.0. The summed E-state index contributed by atoms with van der Waals surface area (Å²) >= 11 is 0. The predicted molar refractivity (Wildman–Crippen MR) is 112 cm³/mol. The summed E-state index contributed by atoms with van der Waals surface area (Å²) in [6.45, 7) is 1.82. The van der Waals surface area contributed by atoms with E-state index in [1.165, 1.54) is 16.8 Å². The van der Waals surface area contributed by atoms with E-state index in [9.17, 15) is 22.4 Å². The lowest BCUT2D eigenvalue weighted by atomic mass is 10.1. The molecule has 7 nitrogen and oxygen atoms in total. The molecule has 1 aromatic carbocycles. The molecule has 0 aliphatic carbocycles. The standard InChI is InChI=1S/C22H17F4N5O2/c1-3-13-4-12-9-27-19(30-18-7-16(21(25)26)28-10-29-18)8-17(12)31(13)20-14(23)5-11(6-15(20)24)22(32)33-2/h4-10,21H,3H2,1-2H3,(H,27,28,29,30). The number of esters is 1. The molecule has 33 heavy (non-hydrogen) atoms. The summed E-state index contributed by atoms with van der Waals surface area (Å²) in [5, 5.41) is 3.40. The van der Waals surface area contributed by atoms with Crippen LogP contribution in [0.2, 0.25) is 0 Å². The molecule has 0 spiro atoms. The number of pyridine rings is 1. The SMILES string of the molecule is CCc1cc2cnc(Nc3cc(C(F)F)ncn3)cc2n1-c1c(F)cc(C(=O)OC)cc1F. The molecule has 0 atom stereocenters. The third-order valence-electron chi connectivity index (χ3n) is 4.95. The van der Waals surface area contributed by atoms with Gasteiger partial charge in [-0.1, -0.05) is 6.92 Å². The van der Waals surface area contributed by atoms with Crippen LogP contribution in [0, 0.1) is 11.6 Å². The fourth-order valence-electron chi connectivity index (χ4n) is 3.46. The van der Waals surface area contributed by atoms with Gasteiger partial charge in [-0.15, -0.1) is 0 Å². The highest BCUT2D eigenvalue weighted by atomic mass is 19.3. The second kappa shape index (κ2) is 8.85. The number of methoxy groups -OCH3 is 1. The van der Waals surface area contributed by atoms with Gasteiger partial charge in [-0.3, -0.25) is 0 Å². The molecule has 1 N–H and O–H groups in total. The number of carbonyl (C=O) groups is 1. The highest BCUT2D eigenvalue weighted by Crippen LogP contribution is 2.31. The predicted octanol–water partition coefficient (Wildman–Crippen LogP) is 5.12. The summed E-state index contributed by atoms with van der Waals surface area (Å²) in [6.07, 6.45) is 0.153. The number of fused-ring (bicyclic) bond motifs is 1. The fourth-order valence-corrected chi connectivity index (χ4v) is 3.46. The Morgan fingerprint density at radius 1 is 1.06 bits per heavy atom. The Balaban J connectivity index is 1.83. The van der Waals surface area contributed by atoms with Gasteiger partial charge in [0.05, 0.1) is 18.2 Å². The molecular weight excluding hydrogens is 442 g/mol. The summed E-state index contributed by atoms with van der Waals surface area (Å²) in [7, 11) is 1.12. The quantitative estimate of drug-likeness (QED) is 0.318. The Hall–Kier alpha value is -4.02. The van der Waals surface area contributed by atoms with Gasteiger partial charge in [0.25, 0.3) is 6.43 Å². The van der Waals surface area contributed by atoms with E-state index in [2.05, 4.69) is 25.0 Å². The maximum Gasteiger partial charge on any atom is 0.338 e. The van der Waals surface area contributed by atoms with Gasteiger partial charge < -0.3 is 14.6 Å². The van der Waals surface area contributed by atoms with E-state index in [1.54, 1.807) is 6.07 Å². The molecule has 3 heterocycles. The Bertz CT molecular complexity index is 1330. The van der Waals surface area contributed by atoms with Gasteiger partial charge in [0.1, 0.15) is 29.3 Å². The minimum absolute atomic E-state index is 0.0840. The molecular formula is C22H17F4N5O2. The number of alkyl halides is 2. The van der Waals surface area contributed by atoms with Crippen molar-refractivity contribution < 1.29 is 27.1 Å². The van der Waals surface area contributed by atoms with Crippen molar-refractivity contribution in [2.75, 3.05) is 12.4 Å². The van der Waals surface area contributed by atoms with Crippen LogP contribution >= 0.6 is 0 Å². The van der Waals surface area contributed by atoms with E-state index in [0.29, 0.717) is 23.0 Å². The number of hydrogen-bond donors (Lipinski definition) is 1. The largest absolute Gasteiger partial charge is 0.465 e. The highest BCUT2D eigenvalue weighted by Gasteiger charge is 2.21. The molecule has 3 aromatic heterocycles. The number of benzene rings is 1. The first-order valence-electron chi connectivity index (χ1n) is 9.77. The van der Waals surface area contributed by atoms with Crippen molar-refractivity contribution in [2.24, 2.45) is 0 Å². The van der Waals surface area contributed by atoms with Gasteiger partial charge in [0, 0.05) is 29.4 Å². The molecule has 4 aromatic rings. The smallest absolute Gasteiger partial charge is 0.338 e. The zero-order valence-corrected chi connectivity index (χ0v) is 17.4. The Morgan fingerprint density at radius 2 is 1.76 bits per heavy atom. The van der Waals surface area contributed by atoms with E-state index in [-0.39, 0.29) is 22.9 Å². The van der Waals surface area contributed by atoms with Gasteiger partial charge >= 0.3 is 5.97 Å².